The van der Waals surface area contributed by atoms with E-state index in [1.807, 2.05) is 0 Å². The van der Waals surface area contributed by atoms with Crippen LogP contribution < -0.4 is 4.90 Å². The standard InChI is InChI=1S/C52H51N/c1-50(2)23-24-51(3,4)49-31-38(16-21-48(49)50)36-13-17-41(18-14-36)53(42-19-15-35-9-5-6-10-37(35)30-42)43-20-22-47-45(32-43)44-11-7-8-12-46(44)52(47)39-26-33-25-34(28-39)29-40(52)27-33/h5-22,30-34,39-40H,23-29H2,1-4H3. The summed E-state index contributed by atoms with van der Waals surface area (Å²) in [7, 11) is 0. The van der Waals surface area contributed by atoms with Crippen LogP contribution in [0, 0.1) is 23.7 Å². The van der Waals surface area contributed by atoms with Gasteiger partial charge in [-0.05, 0) is 171 Å². The molecule has 1 spiro atoms. The minimum Gasteiger partial charge on any atom is -0.310 e. The summed E-state index contributed by atoms with van der Waals surface area (Å²) in [5, 5.41) is 2.54. The van der Waals surface area contributed by atoms with Gasteiger partial charge in [0.1, 0.15) is 0 Å². The van der Waals surface area contributed by atoms with E-state index in [0.717, 1.165) is 23.7 Å². The Morgan fingerprint density at radius 3 is 1.75 bits per heavy atom. The van der Waals surface area contributed by atoms with Crippen LogP contribution in [0.5, 0.6) is 0 Å². The Morgan fingerprint density at radius 2 is 1.00 bits per heavy atom. The monoisotopic (exact) mass is 689 g/mol. The van der Waals surface area contributed by atoms with Crippen molar-refractivity contribution in [2.24, 2.45) is 23.7 Å². The summed E-state index contributed by atoms with van der Waals surface area (Å²) in [6, 6.07) is 49.4. The van der Waals surface area contributed by atoms with E-state index in [1.54, 1.807) is 11.1 Å². The van der Waals surface area contributed by atoms with Gasteiger partial charge in [-0.2, -0.15) is 0 Å². The van der Waals surface area contributed by atoms with Gasteiger partial charge in [-0.15, -0.1) is 0 Å². The maximum Gasteiger partial charge on any atom is 0.0468 e. The maximum atomic E-state index is 2.56. The number of fused-ring (bicyclic) bond motifs is 5. The SMILES string of the molecule is CC1(C)CCC(C)(C)c2cc(-c3ccc(N(c4ccc5c(c4)-c4ccccc4C54C5CC6CC(C5)CC4C6)c4ccc5ccccc5c4)cc3)ccc21. The molecule has 6 aromatic rings. The minimum atomic E-state index is 0.186. The minimum absolute atomic E-state index is 0.186. The molecule has 4 saturated carbocycles. The molecule has 264 valence electrons. The molecule has 53 heavy (non-hydrogen) atoms. The van der Waals surface area contributed by atoms with Gasteiger partial charge in [-0.1, -0.05) is 119 Å². The lowest BCUT2D eigenvalue weighted by Gasteiger charge is -2.61. The molecule has 0 unspecified atom stereocenters. The number of hydrogen-bond donors (Lipinski definition) is 0. The van der Waals surface area contributed by atoms with E-state index in [4.69, 9.17) is 0 Å². The van der Waals surface area contributed by atoms with Gasteiger partial charge >= 0.3 is 0 Å². The Labute approximate surface area is 316 Å². The molecule has 0 aliphatic heterocycles. The Morgan fingerprint density at radius 1 is 0.434 bits per heavy atom. The maximum absolute atomic E-state index is 2.56. The van der Waals surface area contributed by atoms with Crippen molar-refractivity contribution in [2.75, 3.05) is 4.90 Å². The topological polar surface area (TPSA) is 3.24 Å². The van der Waals surface area contributed by atoms with E-state index in [-0.39, 0.29) is 16.2 Å². The van der Waals surface area contributed by atoms with Crippen molar-refractivity contribution in [1.82, 2.24) is 0 Å². The van der Waals surface area contributed by atoms with Crippen molar-refractivity contribution in [3.63, 3.8) is 0 Å². The fraction of sp³-hybridized carbons (Fsp3) is 0.346. The number of hydrogen-bond acceptors (Lipinski definition) is 1. The quantitative estimate of drug-likeness (QED) is 0.178. The molecular weight excluding hydrogens is 639 g/mol. The van der Waals surface area contributed by atoms with E-state index in [1.165, 1.54) is 106 Å². The summed E-state index contributed by atoms with van der Waals surface area (Å²) in [5.41, 5.74) is 16.0. The first-order valence-corrected chi connectivity index (χ1v) is 20.5. The molecule has 6 aliphatic rings. The first-order valence-electron chi connectivity index (χ1n) is 20.5. The van der Waals surface area contributed by atoms with Crippen LogP contribution in [-0.4, -0.2) is 0 Å². The van der Waals surface area contributed by atoms with Crippen molar-refractivity contribution < 1.29 is 0 Å². The molecule has 4 bridgehead atoms. The molecular formula is C52H51N. The summed E-state index contributed by atoms with van der Waals surface area (Å²) in [6.07, 6.45) is 9.61. The first kappa shape index (κ1) is 31.9. The number of rotatable bonds is 4. The summed E-state index contributed by atoms with van der Waals surface area (Å²) < 4.78 is 0. The third kappa shape index (κ3) is 4.62. The van der Waals surface area contributed by atoms with Crippen LogP contribution in [0.1, 0.15) is 94.9 Å². The zero-order valence-corrected chi connectivity index (χ0v) is 31.8. The van der Waals surface area contributed by atoms with Crippen LogP contribution in [0.2, 0.25) is 0 Å². The highest BCUT2D eigenvalue weighted by molar-refractivity contribution is 5.91. The molecule has 0 aromatic heterocycles. The first-order chi connectivity index (χ1) is 25.7. The second-order valence-electron chi connectivity index (χ2n) is 18.9. The van der Waals surface area contributed by atoms with Crippen molar-refractivity contribution in [1.29, 1.82) is 0 Å². The fourth-order valence-corrected chi connectivity index (χ4v) is 12.6. The van der Waals surface area contributed by atoms with Crippen molar-refractivity contribution in [3.05, 3.63) is 150 Å². The molecule has 0 atom stereocenters. The molecule has 12 rings (SSSR count). The average molecular weight is 690 g/mol. The lowest BCUT2D eigenvalue weighted by molar-refractivity contribution is -0.0399. The van der Waals surface area contributed by atoms with Gasteiger partial charge in [-0.3, -0.25) is 0 Å². The Kier molecular flexibility index (Phi) is 6.74. The molecule has 0 saturated heterocycles. The third-order valence-electron chi connectivity index (χ3n) is 15.1. The second kappa shape index (κ2) is 11.2. The van der Waals surface area contributed by atoms with Gasteiger partial charge in [0.15, 0.2) is 0 Å². The molecule has 6 aliphatic carbocycles. The van der Waals surface area contributed by atoms with Crippen LogP contribution >= 0.6 is 0 Å². The normalized spacial score (nSPS) is 26.7. The molecule has 0 N–H and O–H groups in total. The van der Waals surface area contributed by atoms with E-state index in [0.29, 0.717) is 0 Å². The lowest BCUT2D eigenvalue weighted by Crippen LogP contribution is -2.55. The third-order valence-corrected chi connectivity index (χ3v) is 15.1. The Hall–Kier alpha value is -4.62. The molecule has 0 heterocycles. The van der Waals surface area contributed by atoms with Gasteiger partial charge in [0.05, 0.1) is 0 Å². The van der Waals surface area contributed by atoms with E-state index >= 15 is 0 Å². The summed E-state index contributed by atoms with van der Waals surface area (Å²) >= 11 is 0. The van der Waals surface area contributed by atoms with Gasteiger partial charge in [0, 0.05) is 22.5 Å². The zero-order valence-electron chi connectivity index (χ0n) is 31.8. The van der Waals surface area contributed by atoms with Gasteiger partial charge in [0.2, 0.25) is 0 Å². The molecule has 4 fully saturated rings. The van der Waals surface area contributed by atoms with E-state index < -0.39 is 0 Å². The zero-order chi connectivity index (χ0) is 35.7. The predicted molar refractivity (Wildman–Crippen MR) is 223 cm³/mol. The van der Waals surface area contributed by atoms with Crippen LogP contribution in [0.3, 0.4) is 0 Å². The Balaban J connectivity index is 1.04. The number of nitrogens with zero attached hydrogens (tertiary/aromatic N) is 1. The summed E-state index contributed by atoms with van der Waals surface area (Å²) in [4.78, 5) is 2.50. The molecule has 6 aromatic carbocycles. The van der Waals surface area contributed by atoms with Crippen LogP contribution in [0.25, 0.3) is 33.0 Å². The highest BCUT2D eigenvalue weighted by atomic mass is 15.1. The average Bonchev–Trinajstić information content (AvgIpc) is 3.46. The van der Waals surface area contributed by atoms with Gasteiger partial charge in [0.25, 0.3) is 0 Å². The van der Waals surface area contributed by atoms with Crippen molar-refractivity contribution >= 4 is 27.8 Å². The van der Waals surface area contributed by atoms with Gasteiger partial charge < -0.3 is 4.90 Å². The second-order valence-corrected chi connectivity index (χ2v) is 18.9. The van der Waals surface area contributed by atoms with Crippen LogP contribution in [0.4, 0.5) is 17.1 Å². The van der Waals surface area contributed by atoms with Crippen molar-refractivity contribution in [3.8, 4) is 22.3 Å². The molecule has 0 amide bonds. The van der Waals surface area contributed by atoms with Crippen LogP contribution in [-0.2, 0) is 16.2 Å². The summed E-state index contributed by atoms with van der Waals surface area (Å²) in [6.45, 7) is 9.68. The molecule has 1 nitrogen and oxygen atoms in total. The fourth-order valence-electron chi connectivity index (χ4n) is 12.6. The smallest absolute Gasteiger partial charge is 0.0468 e. The van der Waals surface area contributed by atoms with Crippen LogP contribution in [0.15, 0.2) is 127 Å². The molecule has 1 heteroatoms. The highest BCUT2D eigenvalue weighted by Crippen LogP contribution is 2.69. The largest absolute Gasteiger partial charge is 0.310 e. The molecule has 0 radical (unpaired) electrons. The number of benzene rings is 6. The predicted octanol–water partition coefficient (Wildman–Crippen LogP) is 14.0. The Bertz CT molecular complexity index is 2400. The van der Waals surface area contributed by atoms with E-state index in [9.17, 15) is 0 Å². The van der Waals surface area contributed by atoms with Crippen molar-refractivity contribution in [2.45, 2.75) is 88.9 Å². The summed E-state index contributed by atoms with van der Waals surface area (Å²) in [5.74, 6) is 3.45. The van der Waals surface area contributed by atoms with Gasteiger partial charge in [-0.25, -0.2) is 0 Å². The lowest BCUT2D eigenvalue weighted by atomic mass is 9.43. The number of anilines is 3. The highest BCUT2D eigenvalue weighted by Gasteiger charge is 2.61. The van der Waals surface area contributed by atoms with E-state index in [2.05, 4.69) is 160 Å².